The Bertz CT molecular complexity index is 709. The standard InChI is InChI=1S/C19H25ClN4O2/c1-23-12-8-21-18(23)14-24-10-6-15(7-11-24)19(25)22-9-13-26-17-4-2-16(20)3-5-17/h2-5,8,12,15H,6-7,9-11,13-14H2,1H3,(H,22,25). The molecule has 2 aromatic rings. The molecule has 1 fully saturated rings. The molecule has 0 radical (unpaired) electrons. The number of benzene rings is 1. The van der Waals surface area contributed by atoms with Gasteiger partial charge in [-0.2, -0.15) is 0 Å². The lowest BCUT2D eigenvalue weighted by Crippen LogP contribution is -2.41. The van der Waals surface area contributed by atoms with Crippen LogP contribution in [0.2, 0.25) is 5.02 Å². The number of imidazole rings is 1. The molecule has 1 aliphatic heterocycles. The van der Waals surface area contributed by atoms with Crippen molar-refractivity contribution in [1.82, 2.24) is 19.8 Å². The van der Waals surface area contributed by atoms with E-state index in [0.29, 0.717) is 18.2 Å². The van der Waals surface area contributed by atoms with Crippen molar-refractivity contribution >= 4 is 17.5 Å². The smallest absolute Gasteiger partial charge is 0.223 e. The van der Waals surface area contributed by atoms with Gasteiger partial charge in [0.25, 0.3) is 0 Å². The maximum atomic E-state index is 12.3. The van der Waals surface area contributed by atoms with E-state index in [2.05, 4.69) is 15.2 Å². The third kappa shape index (κ3) is 5.22. The fourth-order valence-electron chi connectivity index (χ4n) is 3.12. The molecule has 1 aliphatic rings. The maximum absolute atomic E-state index is 12.3. The van der Waals surface area contributed by atoms with Crippen LogP contribution in [0, 0.1) is 5.92 Å². The number of aromatic nitrogens is 2. The highest BCUT2D eigenvalue weighted by Crippen LogP contribution is 2.19. The van der Waals surface area contributed by atoms with E-state index in [1.807, 2.05) is 36.1 Å². The van der Waals surface area contributed by atoms with E-state index in [1.54, 1.807) is 12.1 Å². The number of piperidine rings is 1. The van der Waals surface area contributed by atoms with Crippen LogP contribution in [-0.4, -0.2) is 46.6 Å². The lowest BCUT2D eigenvalue weighted by atomic mass is 9.96. The number of halogens is 1. The van der Waals surface area contributed by atoms with Crippen LogP contribution in [0.1, 0.15) is 18.7 Å². The van der Waals surface area contributed by atoms with Crippen LogP contribution in [0.4, 0.5) is 0 Å². The van der Waals surface area contributed by atoms with E-state index in [0.717, 1.165) is 44.0 Å². The molecule has 3 rings (SSSR count). The number of hydrogen-bond acceptors (Lipinski definition) is 4. The summed E-state index contributed by atoms with van der Waals surface area (Å²) in [5.74, 6) is 2.03. The molecule has 1 N–H and O–H groups in total. The van der Waals surface area contributed by atoms with Crippen molar-refractivity contribution in [3.63, 3.8) is 0 Å². The largest absolute Gasteiger partial charge is 0.492 e. The normalized spacial score (nSPS) is 15.8. The second-order valence-corrected chi connectivity index (χ2v) is 7.03. The molecule has 1 amide bonds. The van der Waals surface area contributed by atoms with Crippen LogP contribution in [0.5, 0.6) is 5.75 Å². The molecule has 6 nitrogen and oxygen atoms in total. The average Bonchev–Trinajstić information content (AvgIpc) is 3.05. The summed E-state index contributed by atoms with van der Waals surface area (Å²) in [5, 5.41) is 3.66. The fourth-order valence-corrected chi connectivity index (χ4v) is 3.25. The van der Waals surface area contributed by atoms with Gasteiger partial charge in [-0.3, -0.25) is 9.69 Å². The van der Waals surface area contributed by atoms with Gasteiger partial charge in [0.05, 0.1) is 13.1 Å². The van der Waals surface area contributed by atoms with Gasteiger partial charge in [-0.15, -0.1) is 0 Å². The van der Waals surface area contributed by atoms with Crippen LogP contribution >= 0.6 is 11.6 Å². The summed E-state index contributed by atoms with van der Waals surface area (Å²) in [6.45, 7) is 3.64. The number of ether oxygens (including phenoxy) is 1. The number of nitrogens with one attached hydrogen (secondary N) is 1. The lowest BCUT2D eigenvalue weighted by Gasteiger charge is -2.30. The molecule has 7 heteroatoms. The maximum Gasteiger partial charge on any atom is 0.223 e. The number of carbonyl (C=O) groups is 1. The zero-order valence-corrected chi connectivity index (χ0v) is 15.8. The summed E-state index contributed by atoms with van der Waals surface area (Å²) in [5.41, 5.74) is 0. The molecule has 0 aliphatic carbocycles. The Morgan fingerprint density at radius 1 is 1.31 bits per heavy atom. The van der Waals surface area contributed by atoms with E-state index in [-0.39, 0.29) is 11.8 Å². The van der Waals surface area contributed by atoms with Gasteiger partial charge in [0.15, 0.2) is 0 Å². The molecular weight excluding hydrogens is 352 g/mol. The van der Waals surface area contributed by atoms with Crippen LogP contribution in [0.15, 0.2) is 36.7 Å². The Labute approximate surface area is 159 Å². The number of rotatable bonds is 7. The summed E-state index contributed by atoms with van der Waals surface area (Å²) in [7, 11) is 2.01. The Morgan fingerprint density at radius 3 is 2.69 bits per heavy atom. The Hall–Kier alpha value is -2.05. The molecule has 0 spiro atoms. The predicted octanol–water partition coefficient (Wildman–Crippen LogP) is 2.48. The van der Waals surface area contributed by atoms with Gasteiger partial charge < -0.3 is 14.6 Å². The first-order valence-electron chi connectivity index (χ1n) is 8.96. The predicted molar refractivity (Wildman–Crippen MR) is 101 cm³/mol. The number of carbonyl (C=O) groups excluding carboxylic acids is 1. The third-order valence-corrected chi connectivity index (χ3v) is 4.98. The van der Waals surface area contributed by atoms with Crippen molar-refractivity contribution < 1.29 is 9.53 Å². The third-order valence-electron chi connectivity index (χ3n) is 4.73. The van der Waals surface area contributed by atoms with Crippen LogP contribution in [0.25, 0.3) is 0 Å². The first-order valence-corrected chi connectivity index (χ1v) is 9.34. The van der Waals surface area contributed by atoms with Gasteiger partial charge in [-0.1, -0.05) is 11.6 Å². The molecule has 1 aromatic heterocycles. The SMILES string of the molecule is Cn1ccnc1CN1CCC(C(=O)NCCOc2ccc(Cl)cc2)CC1. The average molecular weight is 377 g/mol. The molecule has 0 bridgehead atoms. The number of aryl methyl sites for hydroxylation is 1. The van der Waals surface area contributed by atoms with E-state index >= 15 is 0 Å². The first kappa shape index (κ1) is 18.7. The number of likely N-dealkylation sites (tertiary alicyclic amines) is 1. The topological polar surface area (TPSA) is 59.4 Å². The van der Waals surface area contributed by atoms with Gasteiger partial charge in [0.2, 0.25) is 5.91 Å². The van der Waals surface area contributed by atoms with Crippen LogP contribution in [-0.2, 0) is 18.4 Å². The number of amides is 1. The molecule has 26 heavy (non-hydrogen) atoms. The van der Waals surface area contributed by atoms with Crippen molar-refractivity contribution in [3.05, 3.63) is 47.5 Å². The van der Waals surface area contributed by atoms with E-state index < -0.39 is 0 Å². The minimum atomic E-state index is 0.0863. The quantitative estimate of drug-likeness (QED) is 0.754. The molecule has 140 valence electrons. The second kappa shape index (κ2) is 9.05. The van der Waals surface area contributed by atoms with Gasteiger partial charge in [0.1, 0.15) is 18.2 Å². The van der Waals surface area contributed by atoms with Crippen molar-refractivity contribution in [2.45, 2.75) is 19.4 Å². The lowest BCUT2D eigenvalue weighted by molar-refractivity contribution is -0.126. The van der Waals surface area contributed by atoms with Crippen molar-refractivity contribution in [2.24, 2.45) is 13.0 Å². The molecule has 0 saturated carbocycles. The van der Waals surface area contributed by atoms with Gasteiger partial charge in [0, 0.05) is 30.4 Å². The summed E-state index contributed by atoms with van der Waals surface area (Å²) in [6, 6.07) is 7.21. The Balaban J connectivity index is 1.33. The summed E-state index contributed by atoms with van der Waals surface area (Å²) in [4.78, 5) is 19.0. The zero-order chi connectivity index (χ0) is 18.4. The molecule has 1 saturated heterocycles. The van der Waals surface area contributed by atoms with E-state index in [4.69, 9.17) is 16.3 Å². The molecule has 0 atom stereocenters. The first-order chi connectivity index (χ1) is 12.6. The van der Waals surface area contributed by atoms with E-state index in [1.165, 1.54) is 0 Å². The minimum absolute atomic E-state index is 0.0863. The Morgan fingerprint density at radius 2 is 2.04 bits per heavy atom. The fraction of sp³-hybridized carbons (Fsp3) is 0.474. The second-order valence-electron chi connectivity index (χ2n) is 6.60. The van der Waals surface area contributed by atoms with E-state index in [9.17, 15) is 4.79 Å². The number of nitrogens with zero attached hydrogens (tertiary/aromatic N) is 3. The van der Waals surface area contributed by atoms with Gasteiger partial charge in [-0.05, 0) is 50.2 Å². The van der Waals surface area contributed by atoms with Crippen molar-refractivity contribution in [2.75, 3.05) is 26.2 Å². The van der Waals surface area contributed by atoms with Crippen molar-refractivity contribution in [1.29, 1.82) is 0 Å². The molecule has 0 unspecified atom stereocenters. The monoisotopic (exact) mass is 376 g/mol. The van der Waals surface area contributed by atoms with Gasteiger partial charge in [-0.25, -0.2) is 4.98 Å². The zero-order valence-electron chi connectivity index (χ0n) is 15.0. The highest BCUT2D eigenvalue weighted by Gasteiger charge is 2.25. The minimum Gasteiger partial charge on any atom is -0.492 e. The molecular formula is C19H25ClN4O2. The van der Waals surface area contributed by atoms with Crippen LogP contribution in [0.3, 0.4) is 0 Å². The summed E-state index contributed by atoms with van der Waals surface area (Å²) in [6.07, 6.45) is 5.55. The summed E-state index contributed by atoms with van der Waals surface area (Å²) >= 11 is 5.84. The Kier molecular flexibility index (Phi) is 6.52. The molecule has 2 heterocycles. The van der Waals surface area contributed by atoms with Gasteiger partial charge >= 0.3 is 0 Å². The number of hydrogen-bond donors (Lipinski definition) is 1. The summed E-state index contributed by atoms with van der Waals surface area (Å²) < 4.78 is 7.64. The van der Waals surface area contributed by atoms with Crippen molar-refractivity contribution in [3.8, 4) is 5.75 Å². The highest BCUT2D eigenvalue weighted by molar-refractivity contribution is 6.30. The molecule has 1 aromatic carbocycles. The highest BCUT2D eigenvalue weighted by atomic mass is 35.5. The van der Waals surface area contributed by atoms with Crippen LogP contribution < -0.4 is 10.1 Å².